The molecule has 0 aromatic heterocycles. The summed E-state index contributed by atoms with van der Waals surface area (Å²) in [6.07, 6.45) is -2.16. The van der Waals surface area contributed by atoms with Crippen LogP contribution in [-0.2, 0) is 4.74 Å². The Bertz CT molecular complexity index is 336. The Morgan fingerprint density at radius 2 is 1.29 bits per heavy atom. The van der Waals surface area contributed by atoms with Crippen LogP contribution in [0.2, 0.25) is 0 Å². The SMILES string of the molecule is CC(C)OC1(F)C=CC(F)(F)C(F)(F)C1(F)F. The fourth-order valence-corrected chi connectivity index (χ4v) is 1.30. The van der Waals surface area contributed by atoms with Gasteiger partial charge in [-0.25, -0.2) is 4.39 Å². The predicted molar refractivity (Wildman–Crippen MR) is 44.0 cm³/mol. The zero-order valence-electron chi connectivity index (χ0n) is 8.79. The molecule has 0 saturated heterocycles. The van der Waals surface area contributed by atoms with Crippen molar-refractivity contribution in [3.63, 3.8) is 0 Å². The molecule has 1 rings (SSSR count). The van der Waals surface area contributed by atoms with Crippen molar-refractivity contribution in [3.05, 3.63) is 12.2 Å². The van der Waals surface area contributed by atoms with Crippen molar-refractivity contribution in [2.75, 3.05) is 0 Å². The first-order valence-corrected chi connectivity index (χ1v) is 4.58. The van der Waals surface area contributed by atoms with Crippen LogP contribution in [0.3, 0.4) is 0 Å². The Balaban J connectivity index is 3.30. The Hall–Kier alpha value is -0.790. The lowest BCUT2D eigenvalue weighted by Gasteiger charge is -2.42. The van der Waals surface area contributed by atoms with Gasteiger partial charge in [0.1, 0.15) is 0 Å². The molecule has 8 heteroatoms. The minimum Gasteiger partial charge on any atom is -0.335 e. The molecule has 0 saturated carbocycles. The maximum atomic E-state index is 13.6. The molecule has 0 aliphatic heterocycles. The quantitative estimate of drug-likeness (QED) is 0.548. The van der Waals surface area contributed by atoms with Gasteiger partial charge in [-0.05, 0) is 26.0 Å². The molecule has 1 aliphatic carbocycles. The van der Waals surface area contributed by atoms with Crippen LogP contribution in [-0.4, -0.2) is 29.7 Å². The Kier molecular flexibility index (Phi) is 3.02. The highest BCUT2D eigenvalue weighted by Crippen LogP contribution is 2.56. The normalized spacial score (nSPS) is 34.0. The number of alkyl halides is 7. The zero-order chi connectivity index (χ0) is 13.7. The average molecular weight is 266 g/mol. The van der Waals surface area contributed by atoms with E-state index in [1.807, 2.05) is 0 Å². The summed E-state index contributed by atoms with van der Waals surface area (Å²) in [5.74, 6) is -20.9. The fourth-order valence-electron chi connectivity index (χ4n) is 1.30. The van der Waals surface area contributed by atoms with Gasteiger partial charge in [0, 0.05) is 0 Å². The Morgan fingerprint density at radius 1 is 0.824 bits per heavy atom. The molecule has 0 fully saturated rings. The van der Waals surface area contributed by atoms with E-state index in [4.69, 9.17) is 0 Å². The second-order valence-electron chi connectivity index (χ2n) is 3.92. The van der Waals surface area contributed by atoms with Crippen LogP contribution in [0.15, 0.2) is 12.2 Å². The molecule has 100 valence electrons. The van der Waals surface area contributed by atoms with Crippen molar-refractivity contribution in [2.24, 2.45) is 0 Å². The first-order valence-electron chi connectivity index (χ1n) is 4.58. The second-order valence-corrected chi connectivity index (χ2v) is 3.92. The van der Waals surface area contributed by atoms with Gasteiger partial charge in [0.05, 0.1) is 6.10 Å². The van der Waals surface area contributed by atoms with E-state index in [1.165, 1.54) is 0 Å². The van der Waals surface area contributed by atoms with Crippen LogP contribution in [0.5, 0.6) is 0 Å². The van der Waals surface area contributed by atoms with Crippen LogP contribution in [0, 0.1) is 0 Å². The van der Waals surface area contributed by atoms with Gasteiger partial charge in [0.25, 0.3) is 5.85 Å². The smallest absolute Gasteiger partial charge is 0.335 e. The average Bonchev–Trinajstić information content (AvgIpc) is 2.11. The van der Waals surface area contributed by atoms with E-state index in [2.05, 4.69) is 4.74 Å². The summed E-state index contributed by atoms with van der Waals surface area (Å²) in [5, 5.41) is 0. The van der Waals surface area contributed by atoms with Gasteiger partial charge in [-0.2, -0.15) is 26.3 Å². The largest absolute Gasteiger partial charge is 0.381 e. The molecule has 0 bridgehead atoms. The third kappa shape index (κ3) is 1.82. The molecule has 1 nitrogen and oxygen atoms in total. The number of hydrogen-bond donors (Lipinski definition) is 0. The third-order valence-electron chi connectivity index (χ3n) is 2.16. The van der Waals surface area contributed by atoms with Gasteiger partial charge < -0.3 is 4.74 Å². The van der Waals surface area contributed by atoms with Gasteiger partial charge in [0.15, 0.2) is 0 Å². The summed E-state index contributed by atoms with van der Waals surface area (Å²) in [7, 11) is 0. The highest BCUT2D eigenvalue weighted by Gasteiger charge is 2.81. The van der Waals surface area contributed by atoms with Crippen LogP contribution in [0.4, 0.5) is 30.7 Å². The minimum atomic E-state index is -5.86. The van der Waals surface area contributed by atoms with Gasteiger partial charge in [-0.15, -0.1) is 0 Å². The zero-order valence-corrected chi connectivity index (χ0v) is 8.79. The first kappa shape index (κ1) is 14.3. The molecular formula is C9H9F7O. The van der Waals surface area contributed by atoms with Gasteiger partial charge in [0.2, 0.25) is 0 Å². The van der Waals surface area contributed by atoms with E-state index in [0.29, 0.717) is 0 Å². The summed E-state index contributed by atoms with van der Waals surface area (Å²) < 4.78 is 94.7. The number of halogens is 7. The van der Waals surface area contributed by atoms with Crippen molar-refractivity contribution >= 4 is 0 Å². The van der Waals surface area contributed by atoms with Crippen molar-refractivity contribution < 1.29 is 35.5 Å². The maximum Gasteiger partial charge on any atom is 0.381 e. The highest BCUT2D eigenvalue weighted by molar-refractivity contribution is 5.23. The van der Waals surface area contributed by atoms with Crippen LogP contribution in [0.25, 0.3) is 0 Å². The highest BCUT2D eigenvalue weighted by atomic mass is 19.3. The minimum absolute atomic E-state index is 0.371. The van der Waals surface area contributed by atoms with Crippen molar-refractivity contribution in [2.45, 2.75) is 43.6 Å². The lowest BCUT2D eigenvalue weighted by atomic mass is 9.91. The molecule has 17 heavy (non-hydrogen) atoms. The molecule has 1 unspecified atom stereocenters. The van der Waals surface area contributed by atoms with Crippen molar-refractivity contribution in [1.29, 1.82) is 0 Å². The monoisotopic (exact) mass is 266 g/mol. The predicted octanol–water partition coefficient (Wildman–Crippen LogP) is 3.55. The van der Waals surface area contributed by atoms with Crippen LogP contribution < -0.4 is 0 Å². The van der Waals surface area contributed by atoms with Gasteiger partial charge in [-0.1, -0.05) is 0 Å². The topological polar surface area (TPSA) is 9.23 Å². The Labute approximate surface area is 92.2 Å². The second kappa shape index (κ2) is 3.60. The first-order chi connectivity index (χ1) is 7.37. The molecule has 0 N–H and O–H groups in total. The fraction of sp³-hybridized carbons (Fsp3) is 0.778. The molecule has 0 amide bonds. The van der Waals surface area contributed by atoms with Gasteiger partial charge in [-0.3, -0.25) is 0 Å². The van der Waals surface area contributed by atoms with E-state index < -0.39 is 35.8 Å². The van der Waals surface area contributed by atoms with E-state index >= 15 is 0 Å². The molecule has 0 aromatic carbocycles. The van der Waals surface area contributed by atoms with E-state index in [1.54, 1.807) is 0 Å². The third-order valence-corrected chi connectivity index (χ3v) is 2.16. The molecule has 0 aromatic rings. The van der Waals surface area contributed by atoms with Crippen molar-refractivity contribution in [3.8, 4) is 0 Å². The van der Waals surface area contributed by atoms with E-state index in [9.17, 15) is 30.7 Å². The number of rotatable bonds is 2. The van der Waals surface area contributed by atoms with Crippen LogP contribution >= 0.6 is 0 Å². The maximum absolute atomic E-state index is 13.6. The molecule has 0 heterocycles. The molecule has 0 spiro atoms. The van der Waals surface area contributed by atoms with Crippen LogP contribution in [0.1, 0.15) is 13.8 Å². The molecular weight excluding hydrogens is 257 g/mol. The van der Waals surface area contributed by atoms with Gasteiger partial charge >= 0.3 is 17.8 Å². The van der Waals surface area contributed by atoms with Crippen molar-refractivity contribution in [1.82, 2.24) is 0 Å². The number of allylic oxidation sites excluding steroid dienone is 1. The lowest BCUT2D eigenvalue weighted by Crippen LogP contribution is -2.66. The van der Waals surface area contributed by atoms with E-state index in [0.717, 1.165) is 13.8 Å². The summed E-state index contributed by atoms with van der Waals surface area (Å²) in [5.41, 5.74) is 0. The molecule has 1 aliphatic rings. The summed E-state index contributed by atoms with van der Waals surface area (Å²) in [6.45, 7) is 2.21. The summed E-state index contributed by atoms with van der Waals surface area (Å²) >= 11 is 0. The lowest BCUT2D eigenvalue weighted by molar-refractivity contribution is -0.380. The Morgan fingerprint density at radius 3 is 1.71 bits per heavy atom. The number of hydrogen-bond acceptors (Lipinski definition) is 1. The summed E-state index contributed by atoms with van der Waals surface area (Å²) in [6, 6.07) is 0. The number of ether oxygens (including phenoxy) is 1. The standard InChI is InChI=1S/C9H9F7O/c1-5(2)17-7(12)4-3-6(10,11)8(13,14)9(7,15)16/h3-5H,1-2H3. The summed E-state index contributed by atoms with van der Waals surface area (Å²) in [4.78, 5) is 0. The molecule has 1 atom stereocenters. The molecule has 0 radical (unpaired) electrons. The van der Waals surface area contributed by atoms with E-state index in [-0.39, 0.29) is 6.08 Å².